The Morgan fingerprint density at radius 2 is 0.770 bits per heavy atom. The Hall–Kier alpha value is -1.66. The van der Waals surface area contributed by atoms with Gasteiger partial charge in [-0.2, -0.15) is 0 Å². The van der Waals surface area contributed by atoms with Gasteiger partial charge >= 0.3 is 5.97 Å². The molecule has 0 heterocycles. The largest absolute Gasteiger partial charge is 0.466 e. The molecule has 0 fully saturated rings. The van der Waals surface area contributed by atoms with E-state index < -0.39 is 12.1 Å². The topological polar surface area (TPSA) is 95.9 Å². The van der Waals surface area contributed by atoms with Crippen molar-refractivity contribution in [3.8, 4) is 0 Å². The van der Waals surface area contributed by atoms with Crippen LogP contribution in [0.15, 0.2) is 24.3 Å². The molecule has 0 aliphatic rings. The maximum absolute atomic E-state index is 12.4. The Morgan fingerprint density at radius 3 is 1.18 bits per heavy atom. The number of rotatable bonds is 50. The van der Waals surface area contributed by atoms with Crippen molar-refractivity contribution in [3.63, 3.8) is 0 Å². The van der Waals surface area contributed by atoms with E-state index in [2.05, 4.69) is 43.5 Å². The zero-order valence-electron chi connectivity index (χ0n) is 40.9. The third kappa shape index (κ3) is 47.7. The molecular formula is C55H105NO5. The number of allylic oxidation sites excluding steroid dienone is 4. The summed E-state index contributed by atoms with van der Waals surface area (Å²) in [5.74, 6) is -0.0559. The lowest BCUT2D eigenvalue weighted by Gasteiger charge is -2.22. The molecule has 6 nitrogen and oxygen atoms in total. The number of aliphatic hydroxyl groups is 2. The van der Waals surface area contributed by atoms with Crippen LogP contribution >= 0.6 is 0 Å². The van der Waals surface area contributed by atoms with Crippen molar-refractivity contribution in [3.05, 3.63) is 24.3 Å². The van der Waals surface area contributed by atoms with Gasteiger partial charge in [0.1, 0.15) is 0 Å². The normalized spacial score (nSPS) is 12.8. The van der Waals surface area contributed by atoms with Gasteiger partial charge in [-0.25, -0.2) is 0 Å². The van der Waals surface area contributed by atoms with E-state index in [1.54, 1.807) is 0 Å². The molecule has 0 aliphatic heterocycles. The number of hydrogen-bond acceptors (Lipinski definition) is 5. The van der Waals surface area contributed by atoms with Crippen LogP contribution in [0.5, 0.6) is 0 Å². The average Bonchev–Trinajstić information content (AvgIpc) is 3.26. The number of amides is 1. The van der Waals surface area contributed by atoms with Crippen molar-refractivity contribution in [1.29, 1.82) is 0 Å². The summed E-state index contributed by atoms with van der Waals surface area (Å²) in [6, 6.07) is -0.550. The third-order valence-electron chi connectivity index (χ3n) is 12.5. The molecule has 0 spiro atoms. The molecule has 0 saturated carbocycles. The van der Waals surface area contributed by atoms with Crippen molar-refractivity contribution in [2.24, 2.45) is 0 Å². The lowest BCUT2D eigenvalue weighted by molar-refractivity contribution is -0.143. The van der Waals surface area contributed by atoms with Crippen LogP contribution in [0.4, 0.5) is 0 Å². The SMILES string of the molecule is CCCCCC/C=C\CCCCCCCC(=O)OCCCCCCCCCCC/C=C\CCCCCCCC(=O)NC(CO)C(O)CCCCCCCCCCCCCCC. The van der Waals surface area contributed by atoms with Gasteiger partial charge in [0.2, 0.25) is 5.91 Å². The molecule has 6 heteroatoms. The summed E-state index contributed by atoms with van der Waals surface area (Å²) in [5.41, 5.74) is 0. The molecule has 2 unspecified atom stereocenters. The number of carbonyl (C=O) groups is 2. The van der Waals surface area contributed by atoms with Gasteiger partial charge in [0.05, 0.1) is 25.4 Å². The molecule has 0 aromatic heterocycles. The molecule has 3 N–H and O–H groups in total. The molecule has 2 atom stereocenters. The molecule has 0 aliphatic carbocycles. The van der Waals surface area contributed by atoms with E-state index in [4.69, 9.17) is 4.74 Å². The molecule has 360 valence electrons. The number of esters is 1. The summed E-state index contributed by atoms with van der Waals surface area (Å²) in [7, 11) is 0. The number of unbranched alkanes of at least 4 members (excludes halogenated alkanes) is 35. The van der Waals surface area contributed by atoms with E-state index in [0.29, 0.717) is 25.9 Å². The van der Waals surface area contributed by atoms with E-state index in [1.165, 1.54) is 199 Å². The van der Waals surface area contributed by atoms with Crippen LogP contribution < -0.4 is 5.32 Å². The Labute approximate surface area is 380 Å². The van der Waals surface area contributed by atoms with E-state index in [9.17, 15) is 19.8 Å². The molecule has 0 aromatic rings. The summed E-state index contributed by atoms with van der Waals surface area (Å²) in [5, 5.41) is 23.2. The van der Waals surface area contributed by atoms with Gasteiger partial charge in [-0.1, -0.05) is 224 Å². The maximum atomic E-state index is 12.4. The first-order valence-electron chi connectivity index (χ1n) is 27.1. The predicted molar refractivity (Wildman–Crippen MR) is 264 cm³/mol. The van der Waals surface area contributed by atoms with Crippen molar-refractivity contribution in [2.75, 3.05) is 13.2 Å². The van der Waals surface area contributed by atoms with E-state index in [0.717, 1.165) is 57.8 Å². The summed E-state index contributed by atoms with van der Waals surface area (Å²) in [6.45, 7) is 4.92. The summed E-state index contributed by atoms with van der Waals surface area (Å²) in [6.07, 6.45) is 60.1. The van der Waals surface area contributed by atoms with Gasteiger partial charge < -0.3 is 20.3 Å². The highest BCUT2D eigenvalue weighted by molar-refractivity contribution is 5.76. The number of ether oxygens (including phenoxy) is 1. The Morgan fingerprint density at radius 1 is 0.443 bits per heavy atom. The fourth-order valence-corrected chi connectivity index (χ4v) is 8.28. The van der Waals surface area contributed by atoms with Crippen molar-refractivity contribution in [2.45, 2.75) is 302 Å². The number of aliphatic hydroxyl groups excluding tert-OH is 2. The fraction of sp³-hybridized carbons (Fsp3) is 0.891. The quantitative estimate of drug-likeness (QED) is 0.0322. The minimum atomic E-state index is -0.672. The number of hydrogen-bond donors (Lipinski definition) is 3. The zero-order chi connectivity index (χ0) is 44.4. The van der Waals surface area contributed by atoms with Gasteiger partial charge in [0.15, 0.2) is 0 Å². The predicted octanol–water partition coefficient (Wildman–Crippen LogP) is 16.3. The monoisotopic (exact) mass is 860 g/mol. The fourth-order valence-electron chi connectivity index (χ4n) is 8.28. The van der Waals surface area contributed by atoms with Crippen molar-refractivity contribution >= 4 is 11.9 Å². The van der Waals surface area contributed by atoms with Gasteiger partial charge in [-0.05, 0) is 77.0 Å². The summed E-state index contributed by atoms with van der Waals surface area (Å²) >= 11 is 0. The van der Waals surface area contributed by atoms with Gasteiger partial charge in [-0.15, -0.1) is 0 Å². The first-order chi connectivity index (χ1) is 30.0. The smallest absolute Gasteiger partial charge is 0.305 e. The average molecular weight is 860 g/mol. The highest BCUT2D eigenvalue weighted by atomic mass is 16.5. The highest BCUT2D eigenvalue weighted by Gasteiger charge is 2.20. The second-order valence-corrected chi connectivity index (χ2v) is 18.6. The van der Waals surface area contributed by atoms with Crippen LogP contribution in [-0.2, 0) is 14.3 Å². The highest BCUT2D eigenvalue weighted by Crippen LogP contribution is 2.16. The standard InChI is InChI=1S/C55H105NO5/c1-3-5-7-9-11-13-15-23-27-31-35-39-43-47-53(58)52(51-57)56-54(59)48-44-40-36-32-28-25-21-19-17-18-20-22-26-30-34-38-42-46-50-61-55(60)49-45-41-37-33-29-24-16-14-12-10-8-6-4-2/h14,16,19,21,52-53,57-58H,3-13,15,17-18,20,22-51H2,1-2H3,(H,56,59)/b16-14-,21-19-. The molecule has 0 bridgehead atoms. The van der Waals surface area contributed by atoms with Crippen molar-refractivity contribution in [1.82, 2.24) is 5.32 Å². The minimum absolute atomic E-state index is 0.00644. The van der Waals surface area contributed by atoms with Gasteiger partial charge in [0, 0.05) is 12.8 Å². The summed E-state index contributed by atoms with van der Waals surface area (Å²) in [4.78, 5) is 24.4. The maximum Gasteiger partial charge on any atom is 0.305 e. The van der Waals surface area contributed by atoms with Crippen molar-refractivity contribution < 1.29 is 24.5 Å². The van der Waals surface area contributed by atoms with Crippen LogP contribution in [0.3, 0.4) is 0 Å². The van der Waals surface area contributed by atoms with Crippen LogP contribution in [0.25, 0.3) is 0 Å². The molecule has 0 saturated heterocycles. The second kappa shape index (κ2) is 51.0. The number of nitrogens with one attached hydrogen (secondary N) is 1. The van der Waals surface area contributed by atoms with E-state index >= 15 is 0 Å². The lowest BCUT2D eigenvalue weighted by Crippen LogP contribution is -2.45. The molecule has 1 amide bonds. The van der Waals surface area contributed by atoms with E-state index in [-0.39, 0.29) is 18.5 Å². The van der Waals surface area contributed by atoms with Crippen LogP contribution in [-0.4, -0.2) is 47.4 Å². The Kier molecular flexibility index (Phi) is 49.6. The Balaban J connectivity index is 3.45. The summed E-state index contributed by atoms with van der Waals surface area (Å²) < 4.78 is 5.46. The molecule has 0 rings (SSSR count). The zero-order valence-corrected chi connectivity index (χ0v) is 40.9. The first-order valence-corrected chi connectivity index (χ1v) is 27.1. The van der Waals surface area contributed by atoms with Crippen LogP contribution in [0.2, 0.25) is 0 Å². The van der Waals surface area contributed by atoms with Gasteiger partial charge in [0.25, 0.3) is 0 Å². The molecule has 61 heavy (non-hydrogen) atoms. The van der Waals surface area contributed by atoms with Crippen LogP contribution in [0, 0.1) is 0 Å². The van der Waals surface area contributed by atoms with Gasteiger partial charge in [-0.3, -0.25) is 9.59 Å². The van der Waals surface area contributed by atoms with E-state index in [1.807, 2.05) is 0 Å². The molecule has 0 aromatic carbocycles. The number of carbonyl (C=O) groups excluding carboxylic acids is 2. The second-order valence-electron chi connectivity index (χ2n) is 18.6. The molecular weight excluding hydrogens is 755 g/mol. The van der Waals surface area contributed by atoms with Crippen LogP contribution in [0.1, 0.15) is 290 Å². The third-order valence-corrected chi connectivity index (χ3v) is 12.5. The first kappa shape index (κ1) is 59.3. The lowest BCUT2D eigenvalue weighted by atomic mass is 10.0. The molecule has 0 radical (unpaired) electrons. The Bertz CT molecular complexity index is 951. The minimum Gasteiger partial charge on any atom is -0.466 e.